The fourth-order valence-corrected chi connectivity index (χ4v) is 0.992. The molecule has 1 heterocycles. The van der Waals surface area contributed by atoms with E-state index in [2.05, 4.69) is 43.1 Å². The monoisotopic (exact) mass is 182 g/mol. The summed E-state index contributed by atoms with van der Waals surface area (Å²) in [5, 5.41) is 7.50. The molecule has 1 atom stereocenters. The van der Waals surface area contributed by atoms with Gasteiger partial charge in [0.25, 0.3) is 0 Å². The third-order valence-corrected chi connectivity index (χ3v) is 1.82. The molecule has 0 aliphatic rings. The summed E-state index contributed by atoms with van der Waals surface area (Å²) < 4.78 is 1.86. The third kappa shape index (κ3) is 3.55. The van der Waals surface area contributed by atoms with E-state index >= 15 is 0 Å². The SMILES string of the molecule is CC(CNC(C)(C)C)n1cncn1. The first-order valence-corrected chi connectivity index (χ1v) is 4.58. The smallest absolute Gasteiger partial charge is 0.137 e. The van der Waals surface area contributed by atoms with Gasteiger partial charge in [-0.05, 0) is 27.7 Å². The van der Waals surface area contributed by atoms with Gasteiger partial charge in [-0.1, -0.05) is 0 Å². The summed E-state index contributed by atoms with van der Waals surface area (Å²) in [6.45, 7) is 9.49. The van der Waals surface area contributed by atoms with Gasteiger partial charge in [0.15, 0.2) is 0 Å². The molecule has 0 amide bonds. The van der Waals surface area contributed by atoms with Crippen LogP contribution in [0.2, 0.25) is 0 Å². The lowest BCUT2D eigenvalue weighted by molar-refractivity contribution is 0.365. The maximum Gasteiger partial charge on any atom is 0.137 e. The van der Waals surface area contributed by atoms with Crippen LogP contribution >= 0.6 is 0 Å². The van der Waals surface area contributed by atoms with Gasteiger partial charge in [-0.2, -0.15) is 5.10 Å². The van der Waals surface area contributed by atoms with Gasteiger partial charge in [-0.3, -0.25) is 0 Å². The lowest BCUT2D eigenvalue weighted by Crippen LogP contribution is -2.39. The van der Waals surface area contributed by atoms with Crippen LogP contribution in [0.4, 0.5) is 0 Å². The molecular formula is C9H18N4. The Labute approximate surface area is 79.4 Å². The van der Waals surface area contributed by atoms with E-state index in [1.54, 1.807) is 12.7 Å². The van der Waals surface area contributed by atoms with Crippen molar-refractivity contribution < 1.29 is 0 Å². The molecule has 1 rings (SSSR count). The highest BCUT2D eigenvalue weighted by Crippen LogP contribution is 2.04. The fourth-order valence-electron chi connectivity index (χ4n) is 0.992. The Kier molecular flexibility index (Phi) is 3.03. The fraction of sp³-hybridized carbons (Fsp3) is 0.778. The van der Waals surface area contributed by atoms with Crippen LogP contribution in [-0.2, 0) is 0 Å². The molecule has 1 unspecified atom stereocenters. The van der Waals surface area contributed by atoms with Gasteiger partial charge in [-0.25, -0.2) is 9.67 Å². The Morgan fingerprint density at radius 2 is 2.15 bits per heavy atom. The van der Waals surface area contributed by atoms with Crippen LogP contribution in [0.15, 0.2) is 12.7 Å². The molecule has 74 valence electrons. The van der Waals surface area contributed by atoms with Crippen molar-refractivity contribution >= 4 is 0 Å². The Hall–Kier alpha value is -0.900. The second kappa shape index (κ2) is 3.87. The zero-order valence-electron chi connectivity index (χ0n) is 8.78. The molecule has 0 fully saturated rings. The van der Waals surface area contributed by atoms with Crippen LogP contribution in [0, 0.1) is 0 Å². The number of hydrogen-bond donors (Lipinski definition) is 1. The lowest BCUT2D eigenvalue weighted by atomic mass is 10.1. The zero-order valence-corrected chi connectivity index (χ0v) is 8.78. The summed E-state index contributed by atoms with van der Waals surface area (Å²) in [6, 6.07) is 0.349. The van der Waals surface area contributed by atoms with Crippen LogP contribution in [0.1, 0.15) is 33.7 Å². The molecule has 4 heteroatoms. The normalized spacial score (nSPS) is 14.5. The predicted molar refractivity (Wildman–Crippen MR) is 52.5 cm³/mol. The molecular weight excluding hydrogens is 164 g/mol. The van der Waals surface area contributed by atoms with E-state index in [4.69, 9.17) is 0 Å². The summed E-state index contributed by atoms with van der Waals surface area (Å²) in [4.78, 5) is 3.91. The number of nitrogens with zero attached hydrogens (tertiary/aromatic N) is 3. The maximum atomic E-state index is 4.08. The molecule has 0 radical (unpaired) electrons. The number of aromatic nitrogens is 3. The van der Waals surface area contributed by atoms with Crippen molar-refractivity contribution in [2.45, 2.75) is 39.3 Å². The van der Waals surface area contributed by atoms with Crippen molar-refractivity contribution in [2.24, 2.45) is 0 Å². The van der Waals surface area contributed by atoms with Crippen molar-refractivity contribution in [1.29, 1.82) is 0 Å². The highest BCUT2D eigenvalue weighted by atomic mass is 15.3. The van der Waals surface area contributed by atoms with Gasteiger partial charge in [0.05, 0.1) is 6.04 Å². The average Bonchev–Trinajstić information content (AvgIpc) is 2.50. The topological polar surface area (TPSA) is 42.7 Å². The highest BCUT2D eigenvalue weighted by molar-refractivity contribution is 4.74. The Bertz CT molecular complexity index is 235. The van der Waals surface area contributed by atoms with E-state index < -0.39 is 0 Å². The van der Waals surface area contributed by atoms with Gasteiger partial charge < -0.3 is 5.32 Å². The second-order valence-electron chi connectivity index (χ2n) is 4.36. The molecule has 0 aliphatic heterocycles. The minimum atomic E-state index is 0.162. The molecule has 4 nitrogen and oxygen atoms in total. The summed E-state index contributed by atoms with van der Waals surface area (Å²) in [5.74, 6) is 0. The van der Waals surface area contributed by atoms with Gasteiger partial charge in [0, 0.05) is 12.1 Å². The molecule has 0 bridgehead atoms. The molecule has 1 N–H and O–H groups in total. The molecule has 1 aromatic rings. The van der Waals surface area contributed by atoms with E-state index in [0.717, 1.165) is 6.54 Å². The molecule has 0 aromatic carbocycles. The Balaban J connectivity index is 2.39. The maximum absolute atomic E-state index is 4.08. The zero-order chi connectivity index (χ0) is 9.90. The van der Waals surface area contributed by atoms with Crippen molar-refractivity contribution in [1.82, 2.24) is 20.1 Å². The molecule has 0 aliphatic carbocycles. The summed E-state index contributed by atoms with van der Waals surface area (Å²) >= 11 is 0. The molecule has 0 spiro atoms. The van der Waals surface area contributed by atoms with Crippen LogP contribution in [-0.4, -0.2) is 26.8 Å². The van der Waals surface area contributed by atoms with E-state index in [1.165, 1.54) is 0 Å². The van der Waals surface area contributed by atoms with Crippen LogP contribution in [0.3, 0.4) is 0 Å². The van der Waals surface area contributed by atoms with Gasteiger partial charge in [-0.15, -0.1) is 0 Å². The first-order chi connectivity index (χ1) is 5.99. The van der Waals surface area contributed by atoms with Crippen LogP contribution in [0.25, 0.3) is 0 Å². The quantitative estimate of drug-likeness (QED) is 0.764. The number of nitrogens with one attached hydrogen (secondary N) is 1. The third-order valence-electron chi connectivity index (χ3n) is 1.82. The van der Waals surface area contributed by atoms with E-state index in [0.29, 0.717) is 6.04 Å². The lowest BCUT2D eigenvalue weighted by Gasteiger charge is -2.23. The second-order valence-corrected chi connectivity index (χ2v) is 4.36. The molecule has 0 saturated heterocycles. The molecule has 13 heavy (non-hydrogen) atoms. The summed E-state index contributed by atoms with van der Waals surface area (Å²) in [7, 11) is 0. The van der Waals surface area contributed by atoms with Crippen molar-refractivity contribution in [3.05, 3.63) is 12.7 Å². The Morgan fingerprint density at radius 1 is 1.46 bits per heavy atom. The minimum absolute atomic E-state index is 0.162. The summed E-state index contributed by atoms with van der Waals surface area (Å²) in [5.41, 5.74) is 0.162. The average molecular weight is 182 g/mol. The Morgan fingerprint density at radius 3 is 2.62 bits per heavy atom. The van der Waals surface area contributed by atoms with E-state index in [9.17, 15) is 0 Å². The number of hydrogen-bond acceptors (Lipinski definition) is 3. The molecule has 0 saturated carbocycles. The first kappa shape index (κ1) is 10.2. The van der Waals surface area contributed by atoms with Crippen LogP contribution in [0.5, 0.6) is 0 Å². The van der Waals surface area contributed by atoms with Gasteiger partial charge in [0.1, 0.15) is 12.7 Å². The van der Waals surface area contributed by atoms with Crippen LogP contribution < -0.4 is 5.32 Å². The highest BCUT2D eigenvalue weighted by Gasteiger charge is 2.11. The van der Waals surface area contributed by atoms with Crippen molar-refractivity contribution in [2.75, 3.05) is 6.54 Å². The standard InChI is InChI=1S/C9H18N4/c1-8(5-11-9(2,3)4)13-7-10-6-12-13/h6-8,11H,5H2,1-4H3. The number of rotatable bonds is 3. The van der Waals surface area contributed by atoms with Gasteiger partial charge >= 0.3 is 0 Å². The van der Waals surface area contributed by atoms with E-state index in [1.807, 2.05) is 4.68 Å². The largest absolute Gasteiger partial charge is 0.310 e. The van der Waals surface area contributed by atoms with Crippen molar-refractivity contribution in [3.8, 4) is 0 Å². The van der Waals surface area contributed by atoms with E-state index in [-0.39, 0.29) is 5.54 Å². The molecule has 1 aromatic heterocycles. The van der Waals surface area contributed by atoms with Crippen molar-refractivity contribution in [3.63, 3.8) is 0 Å². The minimum Gasteiger partial charge on any atom is -0.310 e. The first-order valence-electron chi connectivity index (χ1n) is 4.58. The predicted octanol–water partition coefficient (Wildman–Crippen LogP) is 1.23. The summed E-state index contributed by atoms with van der Waals surface area (Å²) in [6.07, 6.45) is 3.31. The van der Waals surface area contributed by atoms with Gasteiger partial charge in [0.2, 0.25) is 0 Å².